The van der Waals surface area contributed by atoms with Crippen molar-refractivity contribution in [3.8, 4) is 0 Å². The van der Waals surface area contributed by atoms with Crippen molar-refractivity contribution in [3.63, 3.8) is 0 Å². The van der Waals surface area contributed by atoms with Gasteiger partial charge in [0.2, 0.25) is 0 Å². The third-order valence-corrected chi connectivity index (χ3v) is 2.89. The van der Waals surface area contributed by atoms with Gasteiger partial charge in [-0.15, -0.1) is 0 Å². The number of hydrogen-bond donors (Lipinski definition) is 1. The van der Waals surface area contributed by atoms with Crippen molar-refractivity contribution in [1.82, 2.24) is 4.90 Å². The van der Waals surface area contributed by atoms with E-state index in [9.17, 15) is 20.0 Å². The Kier molecular flexibility index (Phi) is 4.83. The molecule has 1 aromatic rings. The molecule has 1 aromatic carbocycles. The van der Waals surface area contributed by atoms with Crippen LogP contribution in [-0.4, -0.2) is 39.5 Å². The van der Waals surface area contributed by atoms with E-state index in [0.29, 0.717) is 17.7 Å². The zero-order valence-electron chi connectivity index (χ0n) is 12.2. The number of nitro benzene ring substituents is 1. The molecule has 0 heterocycles. The fourth-order valence-corrected chi connectivity index (χ4v) is 1.97. The SMILES string of the molecule is CCN(CC(C)(C)O)C(=O)c1ccc([N+](=O)[O-])c(C)c1. The molecule has 1 rings (SSSR count). The summed E-state index contributed by atoms with van der Waals surface area (Å²) in [6.07, 6.45) is 0. The average Bonchev–Trinajstić information content (AvgIpc) is 2.33. The van der Waals surface area contributed by atoms with E-state index in [-0.39, 0.29) is 18.1 Å². The zero-order valence-corrected chi connectivity index (χ0v) is 12.2. The van der Waals surface area contributed by atoms with Crippen LogP contribution in [0, 0.1) is 17.0 Å². The molecule has 1 amide bonds. The maximum Gasteiger partial charge on any atom is 0.272 e. The molecule has 110 valence electrons. The van der Waals surface area contributed by atoms with Crippen molar-refractivity contribution >= 4 is 11.6 Å². The molecule has 6 nitrogen and oxygen atoms in total. The normalized spacial score (nSPS) is 11.2. The Hall–Kier alpha value is -1.95. The molecule has 0 bridgehead atoms. The van der Waals surface area contributed by atoms with Crippen LogP contribution in [0.4, 0.5) is 5.69 Å². The Morgan fingerprint density at radius 2 is 2.05 bits per heavy atom. The summed E-state index contributed by atoms with van der Waals surface area (Å²) in [5, 5.41) is 20.6. The minimum absolute atomic E-state index is 0.00733. The number of aliphatic hydroxyl groups is 1. The van der Waals surface area contributed by atoms with Crippen molar-refractivity contribution in [3.05, 3.63) is 39.4 Å². The second kappa shape index (κ2) is 6.00. The van der Waals surface area contributed by atoms with E-state index >= 15 is 0 Å². The van der Waals surface area contributed by atoms with Gasteiger partial charge in [0.25, 0.3) is 11.6 Å². The van der Waals surface area contributed by atoms with Crippen LogP contribution in [-0.2, 0) is 0 Å². The summed E-state index contributed by atoms with van der Waals surface area (Å²) >= 11 is 0. The molecular weight excluding hydrogens is 260 g/mol. The highest BCUT2D eigenvalue weighted by Crippen LogP contribution is 2.20. The van der Waals surface area contributed by atoms with Crippen LogP contribution >= 0.6 is 0 Å². The van der Waals surface area contributed by atoms with E-state index in [1.807, 2.05) is 6.92 Å². The molecule has 0 aliphatic carbocycles. The monoisotopic (exact) mass is 280 g/mol. The zero-order chi connectivity index (χ0) is 15.5. The molecule has 0 spiro atoms. The molecule has 20 heavy (non-hydrogen) atoms. The first-order valence-electron chi connectivity index (χ1n) is 6.42. The topological polar surface area (TPSA) is 83.7 Å². The van der Waals surface area contributed by atoms with Gasteiger partial charge in [-0.05, 0) is 39.8 Å². The van der Waals surface area contributed by atoms with E-state index in [0.717, 1.165) is 0 Å². The third-order valence-electron chi connectivity index (χ3n) is 2.89. The average molecular weight is 280 g/mol. The summed E-state index contributed by atoms with van der Waals surface area (Å²) < 4.78 is 0. The predicted octanol–water partition coefficient (Wildman–Crippen LogP) is 2.14. The van der Waals surface area contributed by atoms with Gasteiger partial charge in [0.15, 0.2) is 0 Å². The number of likely N-dealkylation sites (N-methyl/N-ethyl adjacent to an activating group) is 1. The molecule has 6 heteroatoms. The number of benzene rings is 1. The van der Waals surface area contributed by atoms with Gasteiger partial charge >= 0.3 is 0 Å². The number of rotatable bonds is 5. The summed E-state index contributed by atoms with van der Waals surface area (Å²) in [4.78, 5) is 24.1. The first-order chi connectivity index (χ1) is 9.15. The minimum Gasteiger partial charge on any atom is -0.389 e. The quantitative estimate of drug-likeness (QED) is 0.661. The Balaban J connectivity index is 3.02. The van der Waals surface area contributed by atoms with Gasteiger partial charge in [-0.25, -0.2) is 0 Å². The van der Waals surface area contributed by atoms with E-state index in [1.54, 1.807) is 20.8 Å². The van der Waals surface area contributed by atoms with Crippen LogP contribution in [0.3, 0.4) is 0 Å². The number of carbonyl (C=O) groups is 1. The Bertz CT molecular complexity index is 520. The second-order valence-electron chi connectivity index (χ2n) is 5.39. The van der Waals surface area contributed by atoms with Crippen LogP contribution in [0.25, 0.3) is 0 Å². The van der Waals surface area contributed by atoms with Gasteiger partial charge in [-0.1, -0.05) is 0 Å². The third kappa shape index (κ3) is 4.03. The molecule has 1 N–H and O–H groups in total. The summed E-state index contributed by atoms with van der Waals surface area (Å²) in [5.41, 5.74) is -0.159. The van der Waals surface area contributed by atoms with Crippen LogP contribution in [0.5, 0.6) is 0 Å². The lowest BCUT2D eigenvalue weighted by Crippen LogP contribution is -2.42. The van der Waals surface area contributed by atoms with Crippen molar-refractivity contribution in [1.29, 1.82) is 0 Å². The fraction of sp³-hybridized carbons (Fsp3) is 0.500. The van der Waals surface area contributed by atoms with Gasteiger partial charge < -0.3 is 10.0 Å². The molecule has 0 aliphatic heterocycles. The van der Waals surface area contributed by atoms with Crippen molar-refractivity contribution in [2.45, 2.75) is 33.3 Å². The van der Waals surface area contributed by atoms with Crippen LogP contribution in [0.15, 0.2) is 18.2 Å². The maximum absolute atomic E-state index is 12.3. The van der Waals surface area contributed by atoms with Gasteiger partial charge in [0, 0.05) is 30.3 Å². The Morgan fingerprint density at radius 3 is 2.45 bits per heavy atom. The van der Waals surface area contributed by atoms with E-state index < -0.39 is 10.5 Å². The standard InChI is InChI=1S/C14H20N2O4/c1-5-15(9-14(3,4)18)13(17)11-6-7-12(16(19)20)10(2)8-11/h6-8,18H,5,9H2,1-4H3. The van der Waals surface area contributed by atoms with E-state index in [1.165, 1.54) is 23.1 Å². The second-order valence-corrected chi connectivity index (χ2v) is 5.39. The molecule has 0 fully saturated rings. The van der Waals surface area contributed by atoms with Crippen molar-refractivity contribution < 1.29 is 14.8 Å². The van der Waals surface area contributed by atoms with Crippen LogP contribution in [0.1, 0.15) is 36.7 Å². The number of nitrogens with zero attached hydrogens (tertiary/aromatic N) is 2. The highest BCUT2D eigenvalue weighted by atomic mass is 16.6. The van der Waals surface area contributed by atoms with Gasteiger partial charge in [0.1, 0.15) is 0 Å². The fourth-order valence-electron chi connectivity index (χ4n) is 1.97. The predicted molar refractivity (Wildman–Crippen MR) is 75.7 cm³/mol. The van der Waals surface area contributed by atoms with Crippen molar-refractivity contribution in [2.24, 2.45) is 0 Å². The number of hydrogen-bond acceptors (Lipinski definition) is 4. The smallest absolute Gasteiger partial charge is 0.272 e. The molecule has 0 unspecified atom stereocenters. The molecular formula is C14H20N2O4. The summed E-state index contributed by atoms with van der Waals surface area (Å²) in [5.74, 6) is -0.243. The first kappa shape index (κ1) is 16.1. The van der Waals surface area contributed by atoms with Gasteiger partial charge in [0.05, 0.1) is 10.5 Å². The van der Waals surface area contributed by atoms with E-state index in [2.05, 4.69) is 0 Å². The Morgan fingerprint density at radius 1 is 1.45 bits per heavy atom. The molecule has 0 aromatic heterocycles. The summed E-state index contributed by atoms with van der Waals surface area (Å²) in [6.45, 7) is 7.34. The highest BCUT2D eigenvalue weighted by Gasteiger charge is 2.23. The lowest BCUT2D eigenvalue weighted by Gasteiger charge is -2.28. The number of nitro groups is 1. The highest BCUT2D eigenvalue weighted by molar-refractivity contribution is 5.94. The lowest BCUT2D eigenvalue weighted by atomic mass is 10.1. The maximum atomic E-state index is 12.3. The molecule has 0 aliphatic rings. The summed E-state index contributed by atoms with van der Waals surface area (Å²) in [6, 6.07) is 4.29. The number of carbonyl (C=O) groups excluding carboxylic acids is 1. The molecule has 0 radical (unpaired) electrons. The van der Waals surface area contributed by atoms with E-state index in [4.69, 9.17) is 0 Å². The lowest BCUT2D eigenvalue weighted by molar-refractivity contribution is -0.385. The number of aryl methyl sites for hydroxylation is 1. The first-order valence-corrected chi connectivity index (χ1v) is 6.42. The van der Waals surface area contributed by atoms with Crippen molar-refractivity contribution in [2.75, 3.05) is 13.1 Å². The molecule has 0 saturated heterocycles. The minimum atomic E-state index is -0.985. The van der Waals surface area contributed by atoms with Crippen LogP contribution in [0.2, 0.25) is 0 Å². The Labute approximate surface area is 118 Å². The molecule has 0 atom stereocenters. The van der Waals surface area contributed by atoms with Gasteiger partial charge in [-0.3, -0.25) is 14.9 Å². The van der Waals surface area contributed by atoms with Gasteiger partial charge in [-0.2, -0.15) is 0 Å². The molecule has 0 saturated carbocycles. The summed E-state index contributed by atoms with van der Waals surface area (Å²) in [7, 11) is 0. The number of amides is 1. The largest absolute Gasteiger partial charge is 0.389 e. The van der Waals surface area contributed by atoms with Crippen LogP contribution < -0.4 is 0 Å².